The summed E-state index contributed by atoms with van der Waals surface area (Å²) in [5, 5.41) is 20.8. The van der Waals surface area contributed by atoms with E-state index in [4.69, 9.17) is 0 Å². The largest absolute Gasteiger partial charge is 2.00 e. The van der Waals surface area contributed by atoms with Crippen LogP contribution in [0, 0.1) is 0 Å². The molecule has 0 amide bonds. The number of phenolic OH excluding ortho intramolecular Hbond substituents is 2. The Balaban J connectivity index is 0. The number of phenols is 2. The second-order valence-corrected chi connectivity index (χ2v) is 15.1. The molecule has 2 aromatic carbocycles. The Labute approximate surface area is 337 Å². The first kappa shape index (κ1) is 49.0. The average molecular weight is 733 g/mol. The molecule has 46 heavy (non-hydrogen) atoms. The van der Waals surface area contributed by atoms with Gasteiger partial charge in [0.15, 0.2) is 0 Å². The second kappa shape index (κ2) is 24.9. The molecule has 0 aliphatic rings. The molecule has 0 bridgehead atoms. The summed E-state index contributed by atoms with van der Waals surface area (Å²) in [6.07, 6.45) is 11.0. The van der Waals surface area contributed by atoms with E-state index in [0.717, 1.165) is 73.6 Å². The maximum absolute atomic E-state index is 11.5. The zero-order chi connectivity index (χ0) is 33.5. The molecule has 2 atom stereocenters. The van der Waals surface area contributed by atoms with Crippen LogP contribution in [0.1, 0.15) is 150 Å². The average Bonchev–Trinajstić information content (AvgIpc) is 2.95. The summed E-state index contributed by atoms with van der Waals surface area (Å²) in [7, 11) is -9.37. The Hall–Kier alpha value is 0.859. The van der Waals surface area contributed by atoms with E-state index >= 15 is 0 Å². The molecule has 0 saturated heterocycles. The van der Waals surface area contributed by atoms with Gasteiger partial charge < -0.3 is 38.9 Å². The van der Waals surface area contributed by atoms with E-state index in [1.165, 1.54) is 0 Å². The molecule has 0 aliphatic carbocycles. The van der Waals surface area contributed by atoms with Crippen LogP contribution >= 0.6 is 15.2 Å². The van der Waals surface area contributed by atoms with Crippen molar-refractivity contribution >= 4 is 90.7 Å². The number of aromatic hydroxyl groups is 2. The van der Waals surface area contributed by atoms with Crippen molar-refractivity contribution in [3.63, 3.8) is 0 Å². The van der Waals surface area contributed by atoms with Gasteiger partial charge in [-0.1, -0.05) is 107 Å². The molecule has 0 aliphatic heterocycles. The molecular formula is C34H54Ca2O8P2. The normalized spacial score (nSPS) is 12.7. The number of benzene rings is 2. The van der Waals surface area contributed by atoms with Crippen molar-refractivity contribution in [2.24, 2.45) is 0 Å². The topological polar surface area (TPSA) is 167 Å². The number of aryl methyl sites for hydroxylation is 4. The van der Waals surface area contributed by atoms with E-state index in [9.17, 15) is 38.9 Å². The third-order valence-corrected chi connectivity index (χ3v) is 10.9. The fourth-order valence-electron chi connectivity index (χ4n) is 5.47. The monoisotopic (exact) mass is 732 g/mol. The van der Waals surface area contributed by atoms with Crippen LogP contribution in [0.4, 0.5) is 0 Å². The first-order valence-electron chi connectivity index (χ1n) is 16.4. The van der Waals surface area contributed by atoms with Gasteiger partial charge in [-0.15, -0.1) is 0 Å². The zero-order valence-electron chi connectivity index (χ0n) is 29.0. The molecule has 2 rings (SSSR count). The van der Waals surface area contributed by atoms with Crippen molar-refractivity contribution in [1.82, 2.24) is 0 Å². The van der Waals surface area contributed by atoms with Gasteiger partial charge in [-0.3, -0.25) is 0 Å². The number of rotatable bonds is 18. The van der Waals surface area contributed by atoms with Crippen LogP contribution in [0.15, 0.2) is 24.3 Å². The quantitative estimate of drug-likeness (QED) is 0.137. The molecule has 0 aromatic heterocycles. The third-order valence-electron chi connectivity index (χ3n) is 8.09. The second-order valence-electron chi connectivity index (χ2n) is 11.7. The standard InChI is InChI=1S/2C17H29O4P.2Ca/c2*1-4-7-9-13-11-15(16(6-3)22(19,20)21)12-14(17(13)18)10-8-5-2;;/h2*11-12,16,18H,4-10H2,1-3H3,(H2,19,20,21);;/q;;2*+2/p-4. The minimum absolute atomic E-state index is 0. The van der Waals surface area contributed by atoms with Gasteiger partial charge in [0.1, 0.15) is 11.5 Å². The Kier molecular flexibility index (Phi) is 26.5. The molecule has 2 aromatic rings. The van der Waals surface area contributed by atoms with Crippen molar-refractivity contribution in [2.45, 2.75) is 143 Å². The fraction of sp³-hybridized carbons (Fsp3) is 0.647. The van der Waals surface area contributed by atoms with Crippen molar-refractivity contribution in [2.75, 3.05) is 0 Å². The SMILES string of the molecule is CCCCc1cc(C(CC)P(=O)([O-])[O-])cc(CCCC)c1O.CCCCc1cc(C(CC)P(=O)([O-])[O-])cc(CCCC)c1O.[Ca+2].[Ca+2]. The summed E-state index contributed by atoms with van der Waals surface area (Å²) >= 11 is 0. The summed E-state index contributed by atoms with van der Waals surface area (Å²) in [5.41, 5.74) is 2.10. The van der Waals surface area contributed by atoms with Crippen molar-refractivity contribution in [3.05, 3.63) is 57.6 Å². The summed E-state index contributed by atoms with van der Waals surface area (Å²) in [4.78, 5) is 46.0. The van der Waals surface area contributed by atoms with Gasteiger partial charge in [0.25, 0.3) is 0 Å². The molecule has 12 heteroatoms. The molecule has 2 N–H and O–H groups in total. The predicted octanol–water partition coefficient (Wildman–Crippen LogP) is 6.12. The molecule has 0 saturated carbocycles. The Bertz CT molecular complexity index is 1090. The van der Waals surface area contributed by atoms with E-state index in [0.29, 0.717) is 36.8 Å². The zero-order valence-corrected chi connectivity index (χ0v) is 35.2. The Morgan fingerprint density at radius 1 is 0.522 bits per heavy atom. The molecule has 8 nitrogen and oxygen atoms in total. The van der Waals surface area contributed by atoms with Crippen LogP contribution in [0.5, 0.6) is 11.5 Å². The van der Waals surface area contributed by atoms with Gasteiger partial charge in [-0.05, 0) is 97.6 Å². The van der Waals surface area contributed by atoms with Crippen LogP contribution in [-0.4, -0.2) is 85.7 Å². The van der Waals surface area contributed by atoms with Gasteiger partial charge in [0.2, 0.25) is 0 Å². The Morgan fingerprint density at radius 2 is 0.739 bits per heavy atom. The summed E-state index contributed by atoms with van der Waals surface area (Å²) in [6.45, 7) is 11.7. The van der Waals surface area contributed by atoms with Crippen LogP contribution in [0.25, 0.3) is 0 Å². The van der Waals surface area contributed by atoms with Crippen molar-refractivity contribution in [3.8, 4) is 11.5 Å². The van der Waals surface area contributed by atoms with Gasteiger partial charge in [-0.25, -0.2) is 0 Å². The van der Waals surface area contributed by atoms with Crippen LogP contribution in [0.2, 0.25) is 0 Å². The maximum atomic E-state index is 11.5. The summed E-state index contributed by atoms with van der Waals surface area (Å²) in [6, 6.07) is 6.82. The molecule has 2 unspecified atom stereocenters. The molecular weight excluding hydrogens is 678 g/mol. The third kappa shape index (κ3) is 16.3. The van der Waals surface area contributed by atoms with Gasteiger partial charge in [-0.2, -0.15) is 0 Å². The predicted molar refractivity (Wildman–Crippen MR) is 183 cm³/mol. The van der Waals surface area contributed by atoms with Gasteiger partial charge in [0, 0.05) is 11.3 Å². The van der Waals surface area contributed by atoms with Gasteiger partial charge in [0.05, 0.1) is 0 Å². The maximum Gasteiger partial charge on any atom is 2.00 e. The van der Waals surface area contributed by atoms with Crippen molar-refractivity contribution in [1.29, 1.82) is 0 Å². The number of hydrogen-bond acceptors (Lipinski definition) is 8. The van der Waals surface area contributed by atoms with E-state index in [1.807, 2.05) is 0 Å². The molecule has 0 spiro atoms. The van der Waals surface area contributed by atoms with E-state index in [1.54, 1.807) is 38.1 Å². The minimum atomic E-state index is -4.69. The first-order valence-corrected chi connectivity index (χ1v) is 19.6. The fourth-order valence-corrected chi connectivity index (χ4v) is 7.40. The molecule has 0 radical (unpaired) electrons. The van der Waals surface area contributed by atoms with E-state index < -0.39 is 26.5 Å². The van der Waals surface area contributed by atoms with Crippen LogP contribution in [-0.2, 0) is 34.8 Å². The smallest absolute Gasteiger partial charge is 0.810 e. The number of hydrogen-bond donors (Lipinski definition) is 2. The van der Waals surface area contributed by atoms with Crippen LogP contribution in [0.3, 0.4) is 0 Å². The molecule has 0 heterocycles. The Morgan fingerprint density at radius 3 is 0.891 bits per heavy atom. The van der Waals surface area contributed by atoms with Gasteiger partial charge >= 0.3 is 75.5 Å². The number of unbranched alkanes of at least 4 members (excludes halogenated alkanes) is 4. The van der Waals surface area contributed by atoms with E-state index in [2.05, 4.69) is 27.7 Å². The van der Waals surface area contributed by atoms with Crippen LogP contribution < -0.4 is 19.6 Å². The van der Waals surface area contributed by atoms with Crippen molar-refractivity contribution < 1.29 is 38.9 Å². The molecule has 252 valence electrons. The summed E-state index contributed by atoms with van der Waals surface area (Å²) in [5.74, 6) is 0.541. The first-order chi connectivity index (χ1) is 20.7. The minimum Gasteiger partial charge on any atom is -0.810 e. The van der Waals surface area contributed by atoms with E-state index in [-0.39, 0.29) is 99.8 Å². The molecule has 0 fully saturated rings. The summed E-state index contributed by atoms with van der Waals surface area (Å²) < 4.78 is 23.0.